The van der Waals surface area contributed by atoms with E-state index in [4.69, 9.17) is 4.74 Å². The minimum Gasteiger partial charge on any atom is -0.497 e. The molecule has 1 fully saturated rings. The zero-order valence-corrected chi connectivity index (χ0v) is 13.6. The van der Waals surface area contributed by atoms with Gasteiger partial charge < -0.3 is 9.84 Å². The van der Waals surface area contributed by atoms with Crippen LogP contribution in [0, 0.1) is 17.3 Å². The van der Waals surface area contributed by atoms with Crippen molar-refractivity contribution in [2.75, 3.05) is 13.7 Å². The molecule has 1 aromatic carbocycles. The fraction of sp³-hybridized carbons (Fsp3) is 0.600. The smallest absolute Gasteiger partial charge is 0.119 e. The molecule has 0 spiro atoms. The summed E-state index contributed by atoms with van der Waals surface area (Å²) in [7, 11) is 1.75. The van der Waals surface area contributed by atoms with Gasteiger partial charge in [0.2, 0.25) is 0 Å². The summed E-state index contributed by atoms with van der Waals surface area (Å²) in [5.41, 5.74) is 4.62. The minimum absolute atomic E-state index is 0.248. The number of aliphatic hydroxyl groups excluding tert-OH is 1. The molecule has 0 saturated heterocycles. The third kappa shape index (κ3) is 1.89. The van der Waals surface area contributed by atoms with Crippen molar-refractivity contribution in [1.82, 2.24) is 0 Å². The lowest BCUT2D eigenvalue weighted by molar-refractivity contribution is 0.0678. The molecular formula is C20H26O2. The average molecular weight is 298 g/mol. The minimum atomic E-state index is 0.248. The zero-order chi connectivity index (χ0) is 15.3. The Bertz CT molecular complexity index is 618. The van der Waals surface area contributed by atoms with Gasteiger partial charge in [-0.15, -0.1) is 0 Å². The molecular weight excluding hydrogens is 272 g/mol. The topological polar surface area (TPSA) is 29.5 Å². The molecule has 1 saturated carbocycles. The number of hydrogen-bond acceptors (Lipinski definition) is 2. The lowest BCUT2D eigenvalue weighted by Gasteiger charge is -2.50. The van der Waals surface area contributed by atoms with Crippen molar-refractivity contribution in [2.24, 2.45) is 17.3 Å². The van der Waals surface area contributed by atoms with Crippen molar-refractivity contribution in [3.8, 4) is 5.75 Å². The van der Waals surface area contributed by atoms with Gasteiger partial charge in [0.1, 0.15) is 5.75 Å². The molecule has 0 unspecified atom stereocenters. The van der Waals surface area contributed by atoms with Crippen LogP contribution in [0.5, 0.6) is 5.75 Å². The van der Waals surface area contributed by atoms with E-state index in [1.54, 1.807) is 12.7 Å². The number of ether oxygens (including phenoxy) is 1. The maximum absolute atomic E-state index is 9.70. The quantitative estimate of drug-likeness (QED) is 0.834. The molecule has 3 aliphatic rings. The van der Waals surface area contributed by atoms with Crippen LogP contribution < -0.4 is 4.74 Å². The van der Waals surface area contributed by atoms with Crippen LogP contribution in [0.15, 0.2) is 29.8 Å². The Morgan fingerprint density at radius 3 is 2.95 bits per heavy atom. The summed E-state index contributed by atoms with van der Waals surface area (Å²) in [4.78, 5) is 0. The van der Waals surface area contributed by atoms with Crippen LogP contribution in [0.1, 0.15) is 49.7 Å². The highest BCUT2D eigenvalue weighted by Gasteiger charge is 2.51. The van der Waals surface area contributed by atoms with E-state index in [0.717, 1.165) is 17.6 Å². The number of allylic oxidation sites excluding steroid dienone is 1. The third-order valence-electron chi connectivity index (χ3n) is 6.85. The van der Waals surface area contributed by atoms with E-state index >= 15 is 0 Å². The van der Waals surface area contributed by atoms with Crippen LogP contribution in [-0.2, 0) is 6.42 Å². The third-order valence-corrected chi connectivity index (χ3v) is 6.85. The van der Waals surface area contributed by atoms with E-state index in [1.807, 2.05) is 0 Å². The first-order valence-corrected chi connectivity index (χ1v) is 8.64. The molecule has 0 radical (unpaired) electrons. The zero-order valence-electron chi connectivity index (χ0n) is 13.6. The summed E-state index contributed by atoms with van der Waals surface area (Å²) in [6, 6.07) is 6.68. The lowest BCUT2D eigenvalue weighted by atomic mass is 9.54. The van der Waals surface area contributed by atoms with Crippen molar-refractivity contribution in [2.45, 2.75) is 44.9 Å². The summed E-state index contributed by atoms with van der Waals surface area (Å²) in [6.07, 6.45) is 8.44. The van der Waals surface area contributed by atoms with Crippen molar-refractivity contribution < 1.29 is 9.84 Å². The average Bonchev–Trinajstić information content (AvgIpc) is 2.90. The van der Waals surface area contributed by atoms with Crippen molar-refractivity contribution in [1.29, 1.82) is 0 Å². The molecule has 0 bridgehead atoms. The van der Waals surface area contributed by atoms with Gasteiger partial charge in [0.15, 0.2) is 0 Å². The van der Waals surface area contributed by atoms with E-state index in [0.29, 0.717) is 5.92 Å². The second kappa shape index (κ2) is 5.13. The Balaban J connectivity index is 1.67. The molecule has 22 heavy (non-hydrogen) atoms. The second-order valence-electron chi connectivity index (χ2n) is 7.56. The molecule has 2 heteroatoms. The van der Waals surface area contributed by atoms with E-state index in [1.165, 1.54) is 43.2 Å². The molecule has 0 aromatic heterocycles. The molecule has 0 amide bonds. The summed E-state index contributed by atoms with van der Waals surface area (Å²) in [5.74, 6) is 3.20. The predicted octanol–water partition coefficient (Wildman–Crippen LogP) is 4.08. The van der Waals surface area contributed by atoms with Gasteiger partial charge in [-0.3, -0.25) is 0 Å². The van der Waals surface area contributed by atoms with E-state index in [-0.39, 0.29) is 12.0 Å². The second-order valence-corrected chi connectivity index (χ2v) is 7.56. The fourth-order valence-corrected chi connectivity index (χ4v) is 5.59. The monoisotopic (exact) mass is 298 g/mol. The highest BCUT2D eigenvalue weighted by atomic mass is 16.5. The summed E-state index contributed by atoms with van der Waals surface area (Å²) >= 11 is 0. The van der Waals surface area contributed by atoms with E-state index < -0.39 is 0 Å². The van der Waals surface area contributed by atoms with Gasteiger partial charge in [-0.2, -0.15) is 0 Å². The Labute approximate surface area is 133 Å². The number of fused-ring (bicyclic) bond motifs is 5. The molecule has 1 N–H and O–H groups in total. The number of hydrogen-bond donors (Lipinski definition) is 1. The Morgan fingerprint density at radius 2 is 2.18 bits per heavy atom. The van der Waals surface area contributed by atoms with Gasteiger partial charge in [0, 0.05) is 0 Å². The van der Waals surface area contributed by atoms with Crippen molar-refractivity contribution in [3.05, 3.63) is 41.0 Å². The highest BCUT2D eigenvalue weighted by Crippen LogP contribution is 2.60. The predicted molar refractivity (Wildman–Crippen MR) is 88.2 cm³/mol. The summed E-state index contributed by atoms with van der Waals surface area (Å²) in [5, 5.41) is 9.70. The van der Waals surface area contributed by atoms with Gasteiger partial charge in [-0.05, 0) is 84.1 Å². The molecule has 1 aromatic rings. The SMILES string of the molecule is COc1ccc2c(c1)CC[C@@H]1[C@@H]2CC[C@]2(C)C(CO)=CC[C@H]12. The van der Waals surface area contributed by atoms with Gasteiger partial charge in [-0.25, -0.2) is 0 Å². The first-order chi connectivity index (χ1) is 10.7. The van der Waals surface area contributed by atoms with Gasteiger partial charge >= 0.3 is 0 Å². The van der Waals surface area contributed by atoms with Crippen LogP contribution in [0.2, 0.25) is 0 Å². The van der Waals surface area contributed by atoms with Crippen LogP contribution in [0.25, 0.3) is 0 Å². The lowest BCUT2D eigenvalue weighted by Crippen LogP contribution is -2.41. The first-order valence-electron chi connectivity index (χ1n) is 8.64. The molecule has 0 aliphatic heterocycles. The number of aliphatic hydroxyl groups is 1. The standard InChI is InChI=1S/C20H26O2/c1-20-10-9-17-16-7-5-15(22-2)11-13(16)3-6-18(17)19(20)8-4-14(20)12-21/h4-5,7,11,17-19,21H,3,6,8-10,12H2,1-2H3/t17-,18-,19-,20-/m1/s1. The Hall–Kier alpha value is -1.28. The number of aryl methyl sites for hydroxylation is 1. The fourth-order valence-electron chi connectivity index (χ4n) is 5.59. The Morgan fingerprint density at radius 1 is 1.32 bits per heavy atom. The molecule has 3 aliphatic carbocycles. The van der Waals surface area contributed by atoms with Gasteiger partial charge in [-0.1, -0.05) is 19.1 Å². The van der Waals surface area contributed by atoms with Crippen LogP contribution in [-0.4, -0.2) is 18.8 Å². The van der Waals surface area contributed by atoms with Crippen LogP contribution in [0.3, 0.4) is 0 Å². The van der Waals surface area contributed by atoms with Crippen LogP contribution in [0.4, 0.5) is 0 Å². The largest absolute Gasteiger partial charge is 0.497 e. The van der Waals surface area contributed by atoms with E-state index in [2.05, 4.69) is 31.2 Å². The Kier molecular flexibility index (Phi) is 3.34. The number of rotatable bonds is 2. The molecule has 2 nitrogen and oxygen atoms in total. The maximum Gasteiger partial charge on any atom is 0.119 e. The summed E-state index contributed by atoms with van der Waals surface area (Å²) < 4.78 is 5.39. The van der Waals surface area contributed by atoms with Crippen molar-refractivity contribution in [3.63, 3.8) is 0 Å². The molecule has 4 atom stereocenters. The van der Waals surface area contributed by atoms with E-state index in [9.17, 15) is 5.11 Å². The molecule has 4 rings (SSSR count). The van der Waals surface area contributed by atoms with Gasteiger partial charge in [0.25, 0.3) is 0 Å². The highest BCUT2D eigenvalue weighted by molar-refractivity contribution is 5.41. The van der Waals surface area contributed by atoms with Gasteiger partial charge in [0.05, 0.1) is 13.7 Å². The maximum atomic E-state index is 9.70. The molecule has 118 valence electrons. The molecule has 0 heterocycles. The van der Waals surface area contributed by atoms with Crippen molar-refractivity contribution >= 4 is 0 Å². The normalized spacial score (nSPS) is 36.1. The number of methoxy groups -OCH3 is 1. The number of benzene rings is 1. The first kappa shape index (κ1) is 14.3. The summed E-state index contributed by atoms with van der Waals surface area (Å²) in [6.45, 7) is 2.64. The van der Waals surface area contributed by atoms with Crippen LogP contribution >= 0.6 is 0 Å².